The second-order valence-electron chi connectivity index (χ2n) is 9.05. The van der Waals surface area contributed by atoms with Gasteiger partial charge in [0, 0.05) is 12.6 Å². The fourth-order valence-corrected chi connectivity index (χ4v) is 4.73. The molecule has 0 spiro atoms. The summed E-state index contributed by atoms with van der Waals surface area (Å²) < 4.78 is 1.96. The average Bonchev–Trinajstić information content (AvgIpc) is 3.24. The van der Waals surface area contributed by atoms with Crippen LogP contribution in [0.5, 0.6) is 0 Å². The predicted molar refractivity (Wildman–Crippen MR) is 139 cm³/mol. The largest absolute Gasteiger partial charge is 0.334 e. The molecule has 34 heavy (non-hydrogen) atoms. The van der Waals surface area contributed by atoms with E-state index in [4.69, 9.17) is 5.10 Å². The number of benzene rings is 3. The van der Waals surface area contributed by atoms with Crippen LogP contribution in [-0.2, 0) is 6.42 Å². The molecule has 4 nitrogen and oxygen atoms in total. The fraction of sp³-hybridized carbons (Fsp3) is 0.267. The van der Waals surface area contributed by atoms with Gasteiger partial charge in [0.1, 0.15) is 5.69 Å². The maximum Gasteiger partial charge on any atom is 0.258 e. The van der Waals surface area contributed by atoms with Crippen molar-refractivity contribution in [3.05, 3.63) is 108 Å². The Balaban J connectivity index is 1.90. The maximum absolute atomic E-state index is 14.3. The summed E-state index contributed by atoms with van der Waals surface area (Å²) >= 11 is 0. The number of nitrogens with zero attached hydrogens (tertiary/aromatic N) is 3. The van der Waals surface area contributed by atoms with E-state index in [1.807, 2.05) is 95.5 Å². The van der Waals surface area contributed by atoms with E-state index < -0.39 is 0 Å². The Labute approximate surface area is 202 Å². The highest BCUT2D eigenvalue weighted by Gasteiger charge is 2.31. The van der Waals surface area contributed by atoms with Crippen LogP contribution in [0.4, 0.5) is 0 Å². The zero-order valence-corrected chi connectivity index (χ0v) is 20.5. The second-order valence-corrected chi connectivity index (χ2v) is 9.05. The Kier molecular flexibility index (Phi) is 7.27. The second kappa shape index (κ2) is 10.5. The molecule has 1 unspecified atom stereocenters. The standard InChI is InChI=1S/C30H33N3O/c1-5-15-26-27(30(34)32(4)29(22(2)3)24-18-11-7-12-19-24)28(23-16-9-6-10-17-23)31-33(26)25-20-13-8-14-21-25/h6-14,16-22,29H,5,15H2,1-4H3. The van der Waals surface area contributed by atoms with E-state index in [-0.39, 0.29) is 17.9 Å². The minimum atomic E-state index is -0.0353. The first-order valence-corrected chi connectivity index (χ1v) is 12.1. The Hall–Kier alpha value is -3.66. The molecule has 4 heteroatoms. The van der Waals surface area contributed by atoms with Crippen LogP contribution in [-0.4, -0.2) is 27.6 Å². The van der Waals surface area contributed by atoms with Crippen molar-refractivity contribution in [3.63, 3.8) is 0 Å². The molecule has 1 amide bonds. The molecule has 1 aromatic heterocycles. The van der Waals surface area contributed by atoms with E-state index in [1.54, 1.807) is 0 Å². The van der Waals surface area contributed by atoms with Crippen molar-refractivity contribution >= 4 is 5.91 Å². The number of aromatic nitrogens is 2. The SMILES string of the molecule is CCCc1c(C(=O)N(C)C(c2ccccc2)C(C)C)c(-c2ccccc2)nn1-c1ccccc1. The van der Waals surface area contributed by atoms with Crippen molar-refractivity contribution in [3.8, 4) is 16.9 Å². The molecule has 4 rings (SSSR count). The zero-order valence-electron chi connectivity index (χ0n) is 20.5. The molecule has 0 radical (unpaired) electrons. The minimum Gasteiger partial charge on any atom is -0.334 e. The molecule has 0 aliphatic carbocycles. The van der Waals surface area contributed by atoms with E-state index >= 15 is 0 Å². The van der Waals surface area contributed by atoms with Crippen molar-refractivity contribution in [2.24, 2.45) is 5.92 Å². The maximum atomic E-state index is 14.3. The minimum absolute atomic E-state index is 0.00652. The Bertz CT molecular complexity index is 1210. The molecule has 0 aliphatic rings. The van der Waals surface area contributed by atoms with Crippen LogP contribution in [0, 0.1) is 5.92 Å². The van der Waals surface area contributed by atoms with Gasteiger partial charge in [0.05, 0.1) is 23.0 Å². The number of amides is 1. The molecule has 1 atom stereocenters. The first-order valence-electron chi connectivity index (χ1n) is 12.1. The van der Waals surface area contributed by atoms with E-state index in [0.29, 0.717) is 5.56 Å². The quantitative estimate of drug-likeness (QED) is 0.290. The van der Waals surface area contributed by atoms with Crippen LogP contribution in [0.25, 0.3) is 16.9 Å². The summed E-state index contributed by atoms with van der Waals surface area (Å²) in [5.74, 6) is 0.266. The number of carbonyl (C=O) groups excluding carboxylic acids is 1. The summed E-state index contributed by atoms with van der Waals surface area (Å²) in [6, 6.07) is 30.4. The lowest BCUT2D eigenvalue weighted by atomic mass is 9.93. The summed E-state index contributed by atoms with van der Waals surface area (Å²) in [6.07, 6.45) is 1.68. The Morgan fingerprint density at radius 2 is 1.44 bits per heavy atom. The Morgan fingerprint density at radius 3 is 2.00 bits per heavy atom. The van der Waals surface area contributed by atoms with Gasteiger partial charge in [0.15, 0.2) is 0 Å². The molecule has 0 aliphatic heterocycles. The molecule has 0 fully saturated rings. The van der Waals surface area contributed by atoms with Crippen molar-refractivity contribution in [2.75, 3.05) is 7.05 Å². The third kappa shape index (κ3) is 4.67. The molecule has 174 valence electrons. The van der Waals surface area contributed by atoms with Gasteiger partial charge in [-0.3, -0.25) is 4.79 Å². The van der Waals surface area contributed by atoms with E-state index in [9.17, 15) is 4.79 Å². The fourth-order valence-electron chi connectivity index (χ4n) is 4.73. The van der Waals surface area contributed by atoms with Crippen LogP contribution < -0.4 is 0 Å². The van der Waals surface area contributed by atoms with E-state index in [0.717, 1.165) is 41.0 Å². The molecule has 4 aromatic rings. The summed E-state index contributed by atoms with van der Waals surface area (Å²) in [5.41, 5.74) is 5.45. The van der Waals surface area contributed by atoms with E-state index in [1.165, 1.54) is 0 Å². The first-order chi connectivity index (χ1) is 16.5. The first kappa shape index (κ1) is 23.5. The highest BCUT2D eigenvalue weighted by Crippen LogP contribution is 2.34. The molecule has 3 aromatic carbocycles. The third-order valence-electron chi connectivity index (χ3n) is 6.24. The van der Waals surface area contributed by atoms with Crippen LogP contribution in [0.2, 0.25) is 0 Å². The number of carbonyl (C=O) groups is 1. The number of para-hydroxylation sites is 1. The highest BCUT2D eigenvalue weighted by atomic mass is 16.2. The van der Waals surface area contributed by atoms with Crippen molar-refractivity contribution in [2.45, 2.75) is 39.7 Å². The number of hydrogen-bond acceptors (Lipinski definition) is 2. The normalized spacial score (nSPS) is 12.0. The number of hydrogen-bond donors (Lipinski definition) is 0. The van der Waals surface area contributed by atoms with E-state index in [2.05, 4.69) is 32.9 Å². The summed E-state index contributed by atoms with van der Waals surface area (Å²) in [6.45, 7) is 6.48. The number of rotatable bonds is 8. The lowest BCUT2D eigenvalue weighted by molar-refractivity contribution is 0.0686. The molecule has 0 bridgehead atoms. The monoisotopic (exact) mass is 451 g/mol. The molecule has 0 N–H and O–H groups in total. The van der Waals surface area contributed by atoms with Gasteiger partial charge in [-0.2, -0.15) is 5.10 Å². The van der Waals surface area contributed by atoms with Crippen molar-refractivity contribution in [1.82, 2.24) is 14.7 Å². The summed E-state index contributed by atoms with van der Waals surface area (Å²) in [4.78, 5) is 16.2. The van der Waals surface area contributed by atoms with Gasteiger partial charge >= 0.3 is 0 Å². The van der Waals surface area contributed by atoms with Crippen molar-refractivity contribution < 1.29 is 4.79 Å². The van der Waals surface area contributed by atoms with Crippen LogP contribution in [0.15, 0.2) is 91.0 Å². The molecular formula is C30H33N3O. The molecule has 0 saturated heterocycles. The smallest absolute Gasteiger partial charge is 0.258 e. The topological polar surface area (TPSA) is 38.1 Å². The predicted octanol–water partition coefficient (Wildman–Crippen LogP) is 6.96. The van der Waals surface area contributed by atoms with Crippen LogP contribution in [0.1, 0.15) is 54.8 Å². The van der Waals surface area contributed by atoms with Crippen molar-refractivity contribution in [1.29, 1.82) is 0 Å². The molecular weight excluding hydrogens is 418 g/mol. The van der Waals surface area contributed by atoms with Gasteiger partial charge in [0.25, 0.3) is 5.91 Å². The summed E-state index contributed by atoms with van der Waals surface area (Å²) in [5, 5.41) is 5.02. The molecule has 0 saturated carbocycles. The Morgan fingerprint density at radius 1 is 0.882 bits per heavy atom. The third-order valence-corrected chi connectivity index (χ3v) is 6.24. The van der Waals surface area contributed by atoms with Gasteiger partial charge in [0.2, 0.25) is 0 Å². The van der Waals surface area contributed by atoms with Gasteiger partial charge in [-0.05, 0) is 30.0 Å². The average molecular weight is 452 g/mol. The molecule has 1 heterocycles. The highest BCUT2D eigenvalue weighted by molar-refractivity contribution is 6.01. The lowest BCUT2D eigenvalue weighted by Crippen LogP contribution is -2.34. The summed E-state index contributed by atoms with van der Waals surface area (Å²) in [7, 11) is 1.92. The van der Waals surface area contributed by atoms with Gasteiger partial charge < -0.3 is 4.90 Å². The van der Waals surface area contributed by atoms with Gasteiger partial charge in [-0.1, -0.05) is 106 Å². The van der Waals surface area contributed by atoms with Crippen LogP contribution in [0.3, 0.4) is 0 Å². The van der Waals surface area contributed by atoms with Crippen LogP contribution >= 0.6 is 0 Å². The van der Waals surface area contributed by atoms with Gasteiger partial charge in [-0.15, -0.1) is 0 Å². The van der Waals surface area contributed by atoms with Gasteiger partial charge in [-0.25, -0.2) is 4.68 Å². The zero-order chi connectivity index (χ0) is 24.1. The lowest BCUT2D eigenvalue weighted by Gasteiger charge is -2.32.